The first-order chi connectivity index (χ1) is 7.20. The number of rotatable bonds is 2. The SMILES string of the molecule is CC1CN(C2CCCC2CN)CC(C)O1. The largest absolute Gasteiger partial charge is 0.373 e. The fourth-order valence-corrected chi connectivity index (χ4v) is 3.26. The maximum Gasteiger partial charge on any atom is 0.0678 e. The third-order valence-corrected chi connectivity index (χ3v) is 3.84. The van der Waals surface area contributed by atoms with Gasteiger partial charge in [0.2, 0.25) is 0 Å². The summed E-state index contributed by atoms with van der Waals surface area (Å²) in [6.45, 7) is 7.38. The lowest BCUT2D eigenvalue weighted by Gasteiger charge is -2.40. The molecule has 1 aliphatic heterocycles. The molecular formula is C12H24N2O. The van der Waals surface area contributed by atoms with Crippen LogP contribution < -0.4 is 5.73 Å². The van der Waals surface area contributed by atoms with Gasteiger partial charge in [-0.1, -0.05) is 6.42 Å². The van der Waals surface area contributed by atoms with Crippen LogP contribution in [0.5, 0.6) is 0 Å². The maximum absolute atomic E-state index is 5.84. The van der Waals surface area contributed by atoms with Crippen LogP contribution in [-0.2, 0) is 4.74 Å². The molecule has 1 saturated heterocycles. The molecule has 0 bridgehead atoms. The van der Waals surface area contributed by atoms with E-state index in [2.05, 4.69) is 18.7 Å². The Hall–Kier alpha value is -0.120. The zero-order valence-electron chi connectivity index (χ0n) is 9.98. The van der Waals surface area contributed by atoms with Crippen LogP contribution in [0.4, 0.5) is 0 Å². The fourth-order valence-electron chi connectivity index (χ4n) is 3.26. The van der Waals surface area contributed by atoms with Crippen molar-refractivity contribution in [3.05, 3.63) is 0 Å². The van der Waals surface area contributed by atoms with Crippen molar-refractivity contribution in [1.29, 1.82) is 0 Å². The van der Waals surface area contributed by atoms with Crippen molar-refractivity contribution in [1.82, 2.24) is 4.90 Å². The normalized spacial score (nSPS) is 43.4. The second-order valence-electron chi connectivity index (χ2n) is 5.21. The predicted octanol–water partition coefficient (Wildman–Crippen LogP) is 1.22. The summed E-state index contributed by atoms with van der Waals surface area (Å²) in [6, 6.07) is 0.726. The van der Waals surface area contributed by atoms with E-state index in [-0.39, 0.29) is 0 Å². The van der Waals surface area contributed by atoms with Crippen molar-refractivity contribution in [2.24, 2.45) is 11.7 Å². The number of morpholine rings is 1. The second kappa shape index (κ2) is 4.81. The molecule has 0 spiro atoms. The minimum absolute atomic E-state index is 0.382. The molecule has 2 aliphatic rings. The van der Waals surface area contributed by atoms with Gasteiger partial charge in [-0.05, 0) is 39.2 Å². The van der Waals surface area contributed by atoms with Crippen LogP contribution in [0.1, 0.15) is 33.1 Å². The molecule has 0 amide bonds. The molecule has 1 heterocycles. The van der Waals surface area contributed by atoms with E-state index in [1.54, 1.807) is 0 Å². The molecule has 1 aliphatic carbocycles. The first-order valence-corrected chi connectivity index (χ1v) is 6.30. The zero-order chi connectivity index (χ0) is 10.8. The Bertz CT molecular complexity index is 200. The van der Waals surface area contributed by atoms with E-state index in [0.29, 0.717) is 12.2 Å². The van der Waals surface area contributed by atoms with Crippen LogP contribution >= 0.6 is 0 Å². The predicted molar refractivity (Wildman–Crippen MR) is 61.8 cm³/mol. The Morgan fingerprint density at radius 2 is 1.87 bits per heavy atom. The van der Waals surface area contributed by atoms with Gasteiger partial charge >= 0.3 is 0 Å². The van der Waals surface area contributed by atoms with Crippen molar-refractivity contribution in [2.75, 3.05) is 19.6 Å². The average molecular weight is 212 g/mol. The first kappa shape index (κ1) is 11.4. The van der Waals surface area contributed by atoms with E-state index in [0.717, 1.165) is 31.6 Å². The highest BCUT2D eigenvalue weighted by Gasteiger charge is 2.34. The fraction of sp³-hybridized carbons (Fsp3) is 1.00. The van der Waals surface area contributed by atoms with Crippen LogP contribution in [0.15, 0.2) is 0 Å². The maximum atomic E-state index is 5.84. The number of nitrogens with two attached hydrogens (primary N) is 1. The van der Waals surface area contributed by atoms with Crippen molar-refractivity contribution in [2.45, 2.75) is 51.4 Å². The average Bonchev–Trinajstić information content (AvgIpc) is 2.63. The molecule has 4 atom stereocenters. The molecule has 0 radical (unpaired) electrons. The Balaban J connectivity index is 1.96. The molecule has 3 nitrogen and oxygen atoms in total. The van der Waals surface area contributed by atoms with Crippen molar-refractivity contribution < 1.29 is 4.74 Å². The van der Waals surface area contributed by atoms with E-state index in [1.807, 2.05) is 0 Å². The van der Waals surface area contributed by atoms with Crippen LogP contribution in [-0.4, -0.2) is 42.8 Å². The summed E-state index contributed by atoms with van der Waals surface area (Å²) >= 11 is 0. The summed E-state index contributed by atoms with van der Waals surface area (Å²) in [5, 5.41) is 0. The van der Waals surface area contributed by atoms with E-state index < -0.39 is 0 Å². The second-order valence-corrected chi connectivity index (χ2v) is 5.21. The Morgan fingerprint density at radius 3 is 2.47 bits per heavy atom. The van der Waals surface area contributed by atoms with Crippen LogP contribution in [0.2, 0.25) is 0 Å². The van der Waals surface area contributed by atoms with Gasteiger partial charge in [-0.15, -0.1) is 0 Å². The molecule has 4 unspecified atom stereocenters. The summed E-state index contributed by atoms with van der Waals surface area (Å²) in [5.74, 6) is 0.725. The standard InChI is InChI=1S/C12H24N2O/c1-9-7-14(8-10(2)15-9)12-5-3-4-11(12)6-13/h9-12H,3-8,13H2,1-2H3. The minimum atomic E-state index is 0.382. The van der Waals surface area contributed by atoms with Gasteiger partial charge in [0, 0.05) is 19.1 Å². The lowest BCUT2D eigenvalue weighted by molar-refractivity contribution is -0.0840. The monoisotopic (exact) mass is 212 g/mol. The van der Waals surface area contributed by atoms with Gasteiger partial charge in [0.25, 0.3) is 0 Å². The van der Waals surface area contributed by atoms with Gasteiger partial charge in [-0.2, -0.15) is 0 Å². The topological polar surface area (TPSA) is 38.5 Å². The van der Waals surface area contributed by atoms with Gasteiger partial charge in [0.1, 0.15) is 0 Å². The zero-order valence-corrected chi connectivity index (χ0v) is 9.98. The smallest absolute Gasteiger partial charge is 0.0678 e. The van der Waals surface area contributed by atoms with Crippen LogP contribution in [0.3, 0.4) is 0 Å². The van der Waals surface area contributed by atoms with Crippen molar-refractivity contribution in [3.63, 3.8) is 0 Å². The van der Waals surface area contributed by atoms with Gasteiger partial charge in [-0.3, -0.25) is 4.90 Å². The Kier molecular flexibility index (Phi) is 3.65. The molecule has 0 aromatic rings. The van der Waals surface area contributed by atoms with Crippen molar-refractivity contribution >= 4 is 0 Å². The van der Waals surface area contributed by atoms with Gasteiger partial charge in [0.15, 0.2) is 0 Å². The summed E-state index contributed by atoms with van der Waals surface area (Å²) in [5.41, 5.74) is 5.84. The Morgan fingerprint density at radius 1 is 1.20 bits per heavy atom. The van der Waals surface area contributed by atoms with Crippen LogP contribution in [0.25, 0.3) is 0 Å². The summed E-state index contributed by atoms with van der Waals surface area (Å²) in [6.07, 6.45) is 4.77. The number of hydrogen-bond acceptors (Lipinski definition) is 3. The molecule has 2 fully saturated rings. The number of nitrogens with zero attached hydrogens (tertiary/aromatic N) is 1. The summed E-state index contributed by atoms with van der Waals surface area (Å²) in [4.78, 5) is 2.61. The van der Waals surface area contributed by atoms with E-state index >= 15 is 0 Å². The van der Waals surface area contributed by atoms with Gasteiger partial charge < -0.3 is 10.5 Å². The summed E-state index contributed by atoms with van der Waals surface area (Å²) in [7, 11) is 0. The van der Waals surface area contributed by atoms with Gasteiger partial charge in [0.05, 0.1) is 12.2 Å². The molecule has 2 rings (SSSR count). The lowest BCUT2D eigenvalue weighted by atomic mass is 10.0. The lowest BCUT2D eigenvalue weighted by Crippen LogP contribution is -2.51. The highest BCUT2D eigenvalue weighted by atomic mass is 16.5. The third kappa shape index (κ3) is 2.52. The van der Waals surface area contributed by atoms with Crippen LogP contribution in [0, 0.1) is 5.92 Å². The minimum Gasteiger partial charge on any atom is -0.373 e. The highest BCUT2D eigenvalue weighted by molar-refractivity contribution is 4.89. The molecule has 3 heteroatoms. The van der Waals surface area contributed by atoms with Crippen molar-refractivity contribution in [3.8, 4) is 0 Å². The number of ether oxygens (including phenoxy) is 1. The molecule has 0 aromatic carbocycles. The molecule has 15 heavy (non-hydrogen) atoms. The van der Waals surface area contributed by atoms with Gasteiger partial charge in [-0.25, -0.2) is 0 Å². The van der Waals surface area contributed by atoms with E-state index in [9.17, 15) is 0 Å². The first-order valence-electron chi connectivity index (χ1n) is 6.30. The molecule has 0 aromatic heterocycles. The van der Waals surface area contributed by atoms with E-state index in [1.165, 1.54) is 19.3 Å². The molecule has 88 valence electrons. The quantitative estimate of drug-likeness (QED) is 0.748. The number of hydrogen-bond donors (Lipinski definition) is 1. The summed E-state index contributed by atoms with van der Waals surface area (Å²) < 4.78 is 5.77. The van der Waals surface area contributed by atoms with E-state index in [4.69, 9.17) is 10.5 Å². The Labute approximate surface area is 93.0 Å². The molecule has 2 N–H and O–H groups in total. The molecular weight excluding hydrogens is 188 g/mol. The third-order valence-electron chi connectivity index (χ3n) is 3.84. The highest BCUT2D eigenvalue weighted by Crippen LogP contribution is 2.30. The molecule has 1 saturated carbocycles.